The van der Waals surface area contributed by atoms with Gasteiger partial charge in [-0.15, -0.1) is 0 Å². The third-order valence-electron chi connectivity index (χ3n) is 3.58. The van der Waals surface area contributed by atoms with Crippen LogP contribution in [0.5, 0.6) is 11.5 Å². The SMILES string of the molecule is COc1cc(C=CC(=O)NC(C#N)c2cccc(Cl)c2)ccc1OC(C)C. The zero-order valence-electron chi connectivity index (χ0n) is 15.4. The molecule has 0 saturated heterocycles. The highest BCUT2D eigenvalue weighted by Gasteiger charge is 2.12. The van der Waals surface area contributed by atoms with Gasteiger partial charge in [-0.3, -0.25) is 4.79 Å². The summed E-state index contributed by atoms with van der Waals surface area (Å²) in [6.45, 7) is 3.87. The topological polar surface area (TPSA) is 71.3 Å². The van der Waals surface area contributed by atoms with E-state index in [1.165, 1.54) is 6.08 Å². The fraction of sp³-hybridized carbons (Fsp3) is 0.238. The predicted octanol–water partition coefficient (Wildman–Crippen LogP) is 4.53. The summed E-state index contributed by atoms with van der Waals surface area (Å²) in [6, 6.07) is 13.5. The van der Waals surface area contributed by atoms with Gasteiger partial charge in [0, 0.05) is 11.1 Å². The highest BCUT2D eigenvalue weighted by Crippen LogP contribution is 2.29. The Hall–Kier alpha value is -2.97. The molecule has 0 aliphatic carbocycles. The smallest absolute Gasteiger partial charge is 0.245 e. The summed E-state index contributed by atoms with van der Waals surface area (Å²) in [5, 5.41) is 12.5. The van der Waals surface area contributed by atoms with Gasteiger partial charge in [0.05, 0.1) is 19.3 Å². The quantitative estimate of drug-likeness (QED) is 0.712. The van der Waals surface area contributed by atoms with Crippen LogP contribution in [0.25, 0.3) is 6.08 Å². The molecule has 1 N–H and O–H groups in total. The molecule has 140 valence electrons. The number of nitrogens with zero attached hydrogens (tertiary/aromatic N) is 1. The molecule has 5 nitrogen and oxygen atoms in total. The molecule has 1 amide bonds. The van der Waals surface area contributed by atoms with Gasteiger partial charge < -0.3 is 14.8 Å². The minimum atomic E-state index is -0.780. The van der Waals surface area contributed by atoms with Gasteiger partial charge in [-0.05, 0) is 55.3 Å². The van der Waals surface area contributed by atoms with E-state index in [1.807, 2.05) is 19.9 Å². The lowest BCUT2D eigenvalue weighted by Crippen LogP contribution is -2.25. The minimum absolute atomic E-state index is 0.0282. The number of amides is 1. The highest BCUT2D eigenvalue weighted by atomic mass is 35.5. The molecule has 27 heavy (non-hydrogen) atoms. The van der Waals surface area contributed by atoms with Crippen LogP contribution in [-0.4, -0.2) is 19.1 Å². The molecule has 0 saturated carbocycles. The maximum absolute atomic E-state index is 12.2. The van der Waals surface area contributed by atoms with Crippen LogP contribution in [-0.2, 0) is 4.79 Å². The Balaban J connectivity index is 2.08. The van der Waals surface area contributed by atoms with E-state index in [2.05, 4.69) is 11.4 Å². The molecule has 6 heteroatoms. The summed E-state index contributed by atoms with van der Waals surface area (Å²) in [5.74, 6) is 0.836. The lowest BCUT2D eigenvalue weighted by atomic mass is 10.1. The minimum Gasteiger partial charge on any atom is -0.493 e. The Bertz CT molecular complexity index is 872. The number of methoxy groups -OCH3 is 1. The summed E-state index contributed by atoms with van der Waals surface area (Å²) in [6.07, 6.45) is 3.04. The van der Waals surface area contributed by atoms with E-state index in [9.17, 15) is 10.1 Å². The number of carbonyl (C=O) groups excluding carboxylic acids is 1. The molecule has 0 aromatic heterocycles. The molecule has 0 bridgehead atoms. The summed E-state index contributed by atoms with van der Waals surface area (Å²) < 4.78 is 11.0. The van der Waals surface area contributed by atoms with Crippen LogP contribution in [0.3, 0.4) is 0 Å². The molecule has 0 radical (unpaired) electrons. The molecule has 2 aromatic rings. The molecule has 0 heterocycles. The number of nitrogens with one attached hydrogen (secondary N) is 1. The zero-order chi connectivity index (χ0) is 19.8. The van der Waals surface area contributed by atoms with Crippen molar-refractivity contribution in [1.82, 2.24) is 5.32 Å². The Kier molecular flexibility index (Phi) is 7.27. The standard InChI is InChI=1S/C21H21ClN2O3/c1-14(2)27-19-9-7-15(11-20(19)26-3)8-10-21(25)24-18(13-23)16-5-4-6-17(22)12-16/h4-12,14,18H,1-3H3,(H,24,25). The van der Waals surface area contributed by atoms with Gasteiger partial charge in [0.15, 0.2) is 11.5 Å². The Morgan fingerprint density at radius 1 is 1.22 bits per heavy atom. The van der Waals surface area contributed by atoms with Crippen molar-refractivity contribution in [3.8, 4) is 17.6 Å². The van der Waals surface area contributed by atoms with Crippen LogP contribution in [0.2, 0.25) is 5.02 Å². The summed E-state index contributed by atoms with van der Waals surface area (Å²) in [7, 11) is 1.56. The fourth-order valence-electron chi connectivity index (χ4n) is 2.38. The number of hydrogen-bond donors (Lipinski definition) is 1. The molecule has 0 spiro atoms. The summed E-state index contributed by atoms with van der Waals surface area (Å²) >= 11 is 5.94. The molecule has 2 rings (SSSR count). The lowest BCUT2D eigenvalue weighted by molar-refractivity contribution is -0.116. The first-order valence-corrected chi connectivity index (χ1v) is 8.79. The van der Waals surface area contributed by atoms with E-state index < -0.39 is 6.04 Å². The third kappa shape index (κ3) is 6.05. The van der Waals surface area contributed by atoms with Gasteiger partial charge >= 0.3 is 0 Å². The number of nitriles is 1. The first-order valence-electron chi connectivity index (χ1n) is 8.41. The fourth-order valence-corrected chi connectivity index (χ4v) is 2.58. The maximum atomic E-state index is 12.2. The first-order chi connectivity index (χ1) is 12.9. The zero-order valence-corrected chi connectivity index (χ0v) is 16.2. The molecule has 1 unspecified atom stereocenters. The number of carbonyl (C=O) groups is 1. The van der Waals surface area contributed by atoms with Crippen molar-refractivity contribution in [2.45, 2.75) is 26.0 Å². The van der Waals surface area contributed by atoms with Crippen LogP contribution >= 0.6 is 11.6 Å². The van der Waals surface area contributed by atoms with Crippen LogP contribution in [0.4, 0.5) is 0 Å². The van der Waals surface area contributed by atoms with Gasteiger partial charge in [-0.2, -0.15) is 5.26 Å². The van der Waals surface area contributed by atoms with Gasteiger partial charge in [0.2, 0.25) is 5.91 Å². The van der Waals surface area contributed by atoms with E-state index in [1.54, 1.807) is 49.6 Å². The van der Waals surface area contributed by atoms with Gasteiger partial charge in [0.1, 0.15) is 6.04 Å². The Morgan fingerprint density at radius 2 is 2.00 bits per heavy atom. The van der Waals surface area contributed by atoms with Crippen LogP contribution in [0, 0.1) is 11.3 Å². The second-order valence-corrected chi connectivity index (χ2v) is 6.47. The number of benzene rings is 2. The largest absolute Gasteiger partial charge is 0.493 e. The highest BCUT2D eigenvalue weighted by molar-refractivity contribution is 6.30. The van der Waals surface area contributed by atoms with Crippen LogP contribution in [0.1, 0.15) is 31.0 Å². The van der Waals surface area contributed by atoms with E-state index in [0.717, 1.165) is 5.56 Å². The van der Waals surface area contributed by atoms with Gasteiger partial charge in [-0.25, -0.2) is 0 Å². The van der Waals surface area contributed by atoms with E-state index in [0.29, 0.717) is 22.1 Å². The second kappa shape index (κ2) is 9.65. The average Bonchev–Trinajstić information content (AvgIpc) is 2.64. The van der Waals surface area contributed by atoms with Crippen molar-refractivity contribution in [3.05, 3.63) is 64.7 Å². The van der Waals surface area contributed by atoms with Crippen molar-refractivity contribution in [3.63, 3.8) is 0 Å². The van der Waals surface area contributed by atoms with Gasteiger partial charge in [-0.1, -0.05) is 29.8 Å². The number of ether oxygens (including phenoxy) is 2. The van der Waals surface area contributed by atoms with E-state index in [4.69, 9.17) is 21.1 Å². The van der Waals surface area contributed by atoms with E-state index >= 15 is 0 Å². The molecule has 0 aliphatic rings. The summed E-state index contributed by atoms with van der Waals surface area (Å²) in [5.41, 5.74) is 1.40. The predicted molar refractivity (Wildman–Crippen MR) is 106 cm³/mol. The van der Waals surface area contributed by atoms with Crippen LogP contribution in [0.15, 0.2) is 48.5 Å². The molecule has 0 aliphatic heterocycles. The molecule has 0 fully saturated rings. The number of rotatable bonds is 7. The molecular weight excluding hydrogens is 364 g/mol. The van der Waals surface area contributed by atoms with Crippen molar-refractivity contribution >= 4 is 23.6 Å². The number of halogens is 1. The number of hydrogen-bond acceptors (Lipinski definition) is 4. The van der Waals surface area contributed by atoms with E-state index in [-0.39, 0.29) is 12.0 Å². The average molecular weight is 385 g/mol. The van der Waals surface area contributed by atoms with Crippen molar-refractivity contribution in [1.29, 1.82) is 5.26 Å². The Labute approximate surface area is 164 Å². The van der Waals surface area contributed by atoms with Crippen molar-refractivity contribution < 1.29 is 14.3 Å². The normalized spacial score (nSPS) is 11.9. The first kappa shape index (κ1) is 20.3. The third-order valence-corrected chi connectivity index (χ3v) is 3.81. The Morgan fingerprint density at radius 3 is 2.63 bits per heavy atom. The maximum Gasteiger partial charge on any atom is 0.245 e. The van der Waals surface area contributed by atoms with Crippen molar-refractivity contribution in [2.75, 3.05) is 7.11 Å². The van der Waals surface area contributed by atoms with Crippen molar-refractivity contribution in [2.24, 2.45) is 0 Å². The van der Waals surface area contributed by atoms with Crippen LogP contribution < -0.4 is 14.8 Å². The molecule has 2 aromatic carbocycles. The molecular formula is C21H21ClN2O3. The van der Waals surface area contributed by atoms with Gasteiger partial charge in [0.25, 0.3) is 0 Å². The molecule has 1 atom stereocenters. The lowest BCUT2D eigenvalue weighted by Gasteiger charge is -2.13. The second-order valence-electron chi connectivity index (χ2n) is 6.04. The monoisotopic (exact) mass is 384 g/mol. The summed E-state index contributed by atoms with van der Waals surface area (Å²) in [4.78, 5) is 12.2.